The average Bonchev–Trinajstić information content (AvgIpc) is 3.61. The van der Waals surface area contributed by atoms with E-state index >= 15 is 0 Å². The van der Waals surface area contributed by atoms with Gasteiger partial charge in [0.15, 0.2) is 5.16 Å². The fourth-order valence-corrected chi connectivity index (χ4v) is 4.68. The van der Waals surface area contributed by atoms with E-state index in [-0.39, 0.29) is 22.4 Å². The number of thioether (sulfide) groups is 1. The number of amides is 1. The third kappa shape index (κ3) is 5.21. The molecule has 0 N–H and O–H groups in total. The van der Waals surface area contributed by atoms with Gasteiger partial charge in [-0.25, -0.2) is 14.5 Å². The molecule has 33 heavy (non-hydrogen) atoms. The monoisotopic (exact) mass is 476 g/mol. The molecule has 0 radical (unpaired) electrons. The molecular formula is C23H23F3N4O2S. The number of pyridine rings is 1. The number of benzene rings is 1. The number of rotatable bonds is 7. The van der Waals surface area contributed by atoms with Gasteiger partial charge in [-0.15, -0.1) is 0 Å². The summed E-state index contributed by atoms with van der Waals surface area (Å²) in [5.74, 6) is -0.448. The quantitative estimate of drug-likeness (QED) is 0.374. The summed E-state index contributed by atoms with van der Waals surface area (Å²) in [5.41, 5.74) is 0.822. The van der Waals surface area contributed by atoms with Crippen LogP contribution in [0.2, 0.25) is 0 Å². The van der Waals surface area contributed by atoms with E-state index in [0.717, 1.165) is 35.1 Å². The third-order valence-electron chi connectivity index (χ3n) is 5.73. The Balaban J connectivity index is 1.69. The van der Waals surface area contributed by atoms with Crippen LogP contribution in [0.3, 0.4) is 0 Å². The molecule has 2 aromatic heterocycles. The van der Waals surface area contributed by atoms with Gasteiger partial charge in [-0.2, -0.15) is 13.2 Å². The van der Waals surface area contributed by atoms with E-state index in [0.29, 0.717) is 16.7 Å². The van der Waals surface area contributed by atoms with Crippen molar-refractivity contribution in [3.05, 3.63) is 58.5 Å². The van der Waals surface area contributed by atoms with Crippen molar-refractivity contribution in [3.63, 3.8) is 0 Å². The average molecular weight is 477 g/mol. The van der Waals surface area contributed by atoms with Crippen molar-refractivity contribution in [1.29, 1.82) is 0 Å². The van der Waals surface area contributed by atoms with Gasteiger partial charge in [-0.1, -0.05) is 30.0 Å². The minimum atomic E-state index is -4.49. The van der Waals surface area contributed by atoms with Crippen LogP contribution in [-0.4, -0.2) is 49.9 Å². The standard InChI is InChI=1S/C23H23F3N4O2S/c1-14-6-5-11-27-20(14)30-21(32)17-7-3-4-8-18(17)28-22(30)33-12-19(31)29(13-23(24,25)26)15(2)16-9-10-16/h3-8,11,15-16H,9-10,12-13H2,1-2H3. The topological polar surface area (TPSA) is 68.1 Å². The maximum absolute atomic E-state index is 13.3. The minimum Gasteiger partial charge on any atom is -0.330 e. The number of fused-ring (bicyclic) bond motifs is 1. The molecule has 1 atom stereocenters. The van der Waals surface area contributed by atoms with Gasteiger partial charge < -0.3 is 4.90 Å². The SMILES string of the molecule is Cc1cccnc1-n1c(SCC(=O)N(CC(F)(F)F)C(C)C2CC2)nc2ccccc2c1=O. The highest BCUT2D eigenvalue weighted by molar-refractivity contribution is 7.99. The first-order chi connectivity index (χ1) is 15.7. The predicted octanol–water partition coefficient (Wildman–Crippen LogP) is 4.37. The van der Waals surface area contributed by atoms with Crippen molar-refractivity contribution in [1.82, 2.24) is 19.4 Å². The zero-order valence-electron chi connectivity index (χ0n) is 18.2. The highest BCUT2D eigenvalue weighted by Gasteiger charge is 2.40. The lowest BCUT2D eigenvalue weighted by molar-refractivity contribution is -0.164. The second kappa shape index (κ2) is 9.17. The number of hydrogen-bond donors (Lipinski definition) is 0. The summed E-state index contributed by atoms with van der Waals surface area (Å²) in [6, 6.07) is 9.85. The van der Waals surface area contributed by atoms with Gasteiger partial charge in [0.2, 0.25) is 5.91 Å². The second-order valence-corrected chi connectivity index (χ2v) is 9.14. The van der Waals surface area contributed by atoms with Crippen LogP contribution in [0.5, 0.6) is 0 Å². The van der Waals surface area contributed by atoms with Crippen molar-refractivity contribution in [2.45, 2.75) is 44.1 Å². The van der Waals surface area contributed by atoms with Gasteiger partial charge in [-0.3, -0.25) is 9.59 Å². The molecule has 1 amide bonds. The molecule has 6 nitrogen and oxygen atoms in total. The summed E-state index contributed by atoms with van der Waals surface area (Å²) in [6.07, 6.45) is -1.30. The van der Waals surface area contributed by atoms with E-state index in [1.54, 1.807) is 56.4 Å². The summed E-state index contributed by atoms with van der Waals surface area (Å²) < 4.78 is 40.8. The molecule has 1 fully saturated rings. The lowest BCUT2D eigenvalue weighted by Crippen LogP contribution is -2.46. The molecule has 1 aliphatic carbocycles. The Hall–Kier alpha value is -2.88. The van der Waals surface area contributed by atoms with E-state index < -0.39 is 24.7 Å². The van der Waals surface area contributed by atoms with Gasteiger partial charge in [-0.05, 0) is 56.4 Å². The van der Waals surface area contributed by atoms with Gasteiger partial charge in [0, 0.05) is 12.2 Å². The molecule has 1 aromatic carbocycles. The minimum absolute atomic E-state index is 0.0921. The first-order valence-corrected chi connectivity index (χ1v) is 11.6. The maximum atomic E-state index is 13.3. The highest BCUT2D eigenvalue weighted by Crippen LogP contribution is 2.36. The maximum Gasteiger partial charge on any atom is 0.406 e. The van der Waals surface area contributed by atoms with E-state index in [9.17, 15) is 22.8 Å². The second-order valence-electron chi connectivity index (χ2n) is 8.20. The van der Waals surface area contributed by atoms with Crippen LogP contribution >= 0.6 is 11.8 Å². The number of hydrogen-bond acceptors (Lipinski definition) is 5. The smallest absolute Gasteiger partial charge is 0.330 e. The number of aromatic nitrogens is 3. The molecule has 4 rings (SSSR count). The van der Waals surface area contributed by atoms with Gasteiger partial charge >= 0.3 is 6.18 Å². The Morgan fingerprint density at radius 2 is 1.97 bits per heavy atom. The Morgan fingerprint density at radius 1 is 1.24 bits per heavy atom. The molecule has 0 saturated heterocycles. The van der Waals surface area contributed by atoms with Crippen molar-refractivity contribution in [2.75, 3.05) is 12.3 Å². The molecule has 0 aliphatic heterocycles. The van der Waals surface area contributed by atoms with Crippen LogP contribution < -0.4 is 5.56 Å². The van der Waals surface area contributed by atoms with Crippen LogP contribution in [0.15, 0.2) is 52.5 Å². The molecular weight excluding hydrogens is 453 g/mol. The number of carbonyl (C=O) groups is 1. The molecule has 1 aliphatic rings. The Labute approximate surface area is 192 Å². The number of alkyl halides is 3. The van der Waals surface area contributed by atoms with Gasteiger partial charge in [0.25, 0.3) is 5.56 Å². The highest BCUT2D eigenvalue weighted by atomic mass is 32.2. The summed E-state index contributed by atoms with van der Waals surface area (Å²) >= 11 is 0.945. The fourth-order valence-electron chi connectivity index (χ4n) is 3.80. The molecule has 0 spiro atoms. The van der Waals surface area contributed by atoms with E-state index in [1.165, 1.54) is 4.57 Å². The first-order valence-electron chi connectivity index (χ1n) is 10.6. The lowest BCUT2D eigenvalue weighted by atomic mass is 10.2. The molecule has 174 valence electrons. The van der Waals surface area contributed by atoms with Crippen molar-refractivity contribution >= 4 is 28.6 Å². The molecule has 10 heteroatoms. The van der Waals surface area contributed by atoms with E-state index in [2.05, 4.69) is 9.97 Å². The molecule has 1 saturated carbocycles. The van der Waals surface area contributed by atoms with E-state index in [4.69, 9.17) is 0 Å². The number of carbonyl (C=O) groups excluding carboxylic acids is 1. The van der Waals surface area contributed by atoms with Crippen molar-refractivity contribution < 1.29 is 18.0 Å². The van der Waals surface area contributed by atoms with Crippen molar-refractivity contribution in [2.24, 2.45) is 5.92 Å². The molecule has 0 bridgehead atoms. The van der Waals surface area contributed by atoms with Crippen LogP contribution in [-0.2, 0) is 4.79 Å². The number of para-hydroxylation sites is 1. The normalized spacial score (nSPS) is 14.9. The fraction of sp³-hybridized carbons (Fsp3) is 0.391. The summed E-state index contributed by atoms with van der Waals surface area (Å²) in [4.78, 5) is 36.0. The molecule has 3 aromatic rings. The predicted molar refractivity (Wildman–Crippen MR) is 121 cm³/mol. The first kappa shape index (κ1) is 23.3. The Bertz CT molecular complexity index is 1240. The molecule has 2 heterocycles. The van der Waals surface area contributed by atoms with Crippen LogP contribution in [0.1, 0.15) is 25.3 Å². The zero-order chi connectivity index (χ0) is 23.8. The lowest BCUT2D eigenvalue weighted by Gasteiger charge is -2.30. The van der Waals surface area contributed by atoms with Gasteiger partial charge in [0.05, 0.1) is 16.7 Å². The number of halogens is 3. The summed E-state index contributed by atoms with van der Waals surface area (Å²) in [6.45, 7) is 2.17. The van der Waals surface area contributed by atoms with E-state index in [1.807, 2.05) is 0 Å². The zero-order valence-corrected chi connectivity index (χ0v) is 19.0. The summed E-state index contributed by atoms with van der Waals surface area (Å²) in [5, 5.41) is 0.596. The van der Waals surface area contributed by atoms with Crippen LogP contribution in [0, 0.1) is 12.8 Å². The van der Waals surface area contributed by atoms with Gasteiger partial charge in [0.1, 0.15) is 12.4 Å². The Morgan fingerprint density at radius 3 is 2.64 bits per heavy atom. The largest absolute Gasteiger partial charge is 0.406 e. The van der Waals surface area contributed by atoms with Crippen molar-refractivity contribution in [3.8, 4) is 5.82 Å². The van der Waals surface area contributed by atoms with Crippen LogP contribution in [0.25, 0.3) is 16.7 Å². The number of nitrogens with zero attached hydrogens (tertiary/aromatic N) is 4. The van der Waals surface area contributed by atoms with Crippen LogP contribution in [0.4, 0.5) is 13.2 Å². The third-order valence-corrected chi connectivity index (χ3v) is 6.65. The summed E-state index contributed by atoms with van der Waals surface area (Å²) in [7, 11) is 0. The molecule has 1 unspecified atom stereocenters. The Kier molecular flexibility index (Phi) is 6.47. The number of aryl methyl sites for hydroxylation is 1.